The Morgan fingerprint density at radius 1 is 1.47 bits per heavy atom. The molecule has 4 nitrogen and oxygen atoms in total. The molecule has 0 aliphatic carbocycles. The fourth-order valence-corrected chi connectivity index (χ4v) is 2.72. The molecule has 1 atom stereocenters. The van der Waals surface area contributed by atoms with Crippen LogP contribution in [-0.2, 0) is 4.74 Å². The molecule has 1 unspecified atom stereocenters. The lowest BCUT2D eigenvalue weighted by atomic mass is 9.89. The van der Waals surface area contributed by atoms with Gasteiger partial charge in [0.05, 0.1) is 7.11 Å². The van der Waals surface area contributed by atoms with Gasteiger partial charge in [-0.3, -0.25) is 0 Å². The number of hydrogen-bond donors (Lipinski definition) is 1. The van der Waals surface area contributed by atoms with E-state index in [0.717, 1.165) is 50.8 Å². The van der Waals surface area contributed by atoms with E-state index in [2.05, 4.69) is 23.3 Å². The fraction of sp³-hybridized carbons (Fsp3) is 0.667. The first-order valence-electron chi connectivity index (χ1n) is 7.15. The van der Waals surface area contributed by atoms with Crippen molar-refractivity contribution in [1.82, 2.24) is 10.3 Å². The van der Waals surface area contributed by atoms with E-state index in [1.54, 1.807) is 13.3 Å². The van der Waals surface area contributed by atoms with Gasteiger partial charge in [-0.15, -0.1) is 0 Å². The summed E-state index contributed by atoms with van der Waals surface area (Å²) in [5.41, 5.74) is 1.17. The first-order valence-corrected chi connectivity index (χ1v) is 7.15. The van der Waals surface area contributed by atoms with Gasteiger partial charge in [0.15, 0.2) is 0 Å². The minimum atomic E-state index is 0.316. The Morgan fingerprint density at radius 2 is 2.26 bits per heavy atom. The topological polar surface area (TPSA) is 43.4 Å². The molecule has 0 amide bonds. The van der Waals surface area contributed by atoms with Crippen LogP contribution in [0.2, 0.25) is 0 Å². The Bertz CT molecular complexity index is 378. The molecule has 0 bridgehead atoms. The van der Waals surface area contributed by atoms with E-state index < -0.39 is 0 Å². The van der Waals surface area contributed by atoms with Crippen LogP contribution in [0.1, 0.15) is 37.8 Å². The summed E-state index contributed by atoms with van der Waals surface area (Å²) in [6.45, 7) is 4.88. The number of nitrogens with one attached hydrogen (secondary N) is 1. The molecule has 1 N–H and O–H groups in total. The second-order valence-corrected chi connectivity index (χ2v) is 5.00. The lowest BCUT2D eigenvalue weighted by Gasteiger charge is -2.27. The molecule has 1 fully saturated rings. The zero-order chi connectivity index (χ0) is 13.5. The third-order valence-corrected chi connectivity index (χ3v) is 3.73. The van der Waals surface area contributed by atoms with Crippen molar-refractivity contribution in [3.63, 3.8) is 0 Å². The minimum absolute atomic E-state index is 0.316. The van der Waals surface area contributed by atoms with Crippen molar-refractivity contribution < 1.29 is 9.47 Å². The van der Waals surface area contributed by atoms with E-state index in [1.165, 1.54) is 5.56 Å². The van der Waals surface area contributed by atoms with Crippen LogP contribution in [0.15, 0.2) is 18.3 Å². The molecule has 19 heavy (non-hydrogen) atoms. The van der Waals surface area contributed by atoms with E-state index in [0.29, 0.717) is 6.04 Å². The Balaban J connectivity index is 2.09. The predicted molar refractivity (Wildman–Crippen MR) is 75.4 cm³/mol. The van der Waals surface area contributed by atoms with E-state index in [9.17, 15) is 0 Å². The summed E-state index contributed by atoms with van der Waals surface area (Å²) in [4.78, 5) is 4.31. The predicted octanol–water partition coefficient (Wildman–Crippen LogP) is 2.56. The van der Waals surface area contributed by atoms with E-state index in [-0.39, 0.29) is 0 Å². The number of hydrogen-bond acceptors (Lipinski definition) is 4. The molecule has 0 aromatic carbocycles. The maximum atomic E-state index is 5.43. The largest absolute Gasteiger partial charge is 0.481 e. The van der Waals surface area contributed by atoms with Crippen molar-refractivity contribution in [1.29, 1.82) is 0 Å². The minimum Gasteiger partial charge on any atom is -0.481 e. The van der Waals surface area contributed by atoms with Crippen LogP contribution in [0.4, 0.5) is 0 Å². The second kappa shape index (κ2) is 7.46. The zero-order valence-electron chi connectivity index (χ0n) is 11.9. The summed E-state index contributed by atoms with van der Waals surface area (Å²) >= 11 is 0. The van der Waals surface area contributed by atoms with Gasteiger partial charge in [0.2, 0.25) is 5.88 Å². The Hall–Kier alpha value is -1.13. The van der Waals surface area contributed by atoms with Crippen molar-refractivity contribution >= 4 is 0 Å². The smallest absolute Gasteiger partial charge is 0.217 e. The maximum Gasteiger partial charge on any atom is 0.217 e. The summed E-state index contributed by atoms with van der Waals surface area (Å²) in [6.07, 6.45) is 5.22. The van der Waals surface area contributed by atoms with Gasteiger partial charge in [-0.05, 0) is 37.8 Å². The van der Waals surface area contributed by atoms with Crippen LogP contribution in [0.3, 0.4) is 0 Å². The molecular formula is C15H24N2O2. The summed E-state index contributed by atoms with van der Waals surface area (Å²) in [5, 5.41) is 3.56. The van der Waals surface area contributed by atoms with E-state index in [4.69, 9.17) is 9.47 Å². The van der Waals surface area contributed by atoms with Gasteiger partial charge in [0, 0.05) is 31.0 Å². The normalized spacial score (nSPS) is 18.2. The fourth-order valence-electron chi connectivity index (χ4n) is 2.72. The number of pyridine rings is 1. The maximum absolute atomic E-state index is 5.43. The van der Waals surface area contributed by atoms with Gasteiger partial charge in [-0.1, -0.05) is 13.0 Å². The molecule has 2 heterocycles. The van der Waals surface area contributed by atoms with Crippen LogP contribution < -0.4 is 10.1 Å². The molecule has 0 radical (unpaired) electrons. The van der Waals surface area contributed by atoms with Crippen molar-refractivity contribution in [2.45, 2.75) is 32.2 Å². The van der Waals surface area contributed by atoms with Gasteiger partial charge in [0.25, 0.3) is 0 Å². The van der Waals surface area contributed by atoms with Crippen molar-refractivity contribution in [2.75, 3.05) is 26.9 Å². The summed E-state index contributed by atoms with van der Waals surface area (Å²) in [6, 6.07) is 4.40. The number of nitrogens with zero attached hydrogens (tertiary/aromatic N) is 1. The molecule has 1 aliphatic rings. The number of aromatic nitrogens is 1. The summed E-state index contributed by atoms with van der Waals surface area (Å²) < 4.78 is 10.8. The van der Waals surface area contributed by atoms with Crippen molar-refractivity contribution in [3.05, 3.63) is 23.9 Å². The van der Waals surface area contributed by atoms with Crippen molar-refractivity contribution in [3.8, 4) is 5.88 Å². The van der Waals surface area contributed by atoms with Crippen LogP contribution in [0.25, 0.3) is 0 Å². The molecule has 2 rings (SSSR count). The molecule has 1 aromatic heterocycles. The highest BCUT2D eigenvalue weighted by molar-refractivity contribution is 5.29. The van der Waals surface area contributed by atoms with Crippen LogP contribution in [0, 0.1) is 5.92 Å². The lowest BCUT2D eigenvalue weighted by molar-refractivity contribution is 0.0604. The molecule has 0 spiro atoms. The van der Waals surface area contributed by atoms with Crippen LogP contribution >= 0.6 is 0 Å². The highest BCUT2D eigenvalue weighted by Crippen LogP contribution is 2.31. The monoisotopic (exact) mass is 264 g/mol. The average Bonchev–Trinajstić information content (AvgIpc) is 2.48. The summed E-state index contributed by atoms with van der Waals surface area (Å²) in [5.74, 6) is 1.46. The number of ether oxygens (including phenoxy) is 2. The van der Waals surface area contributed by atoms with Gasteiger partial charge < -0.3 is 14.8 Å². The zero-order valence-corrected chi connectivity index (χ0v) is 11.9. The molecule has 1 saturated heterocycles. The third-order valence-electron chi connectivity index (χ3n) is 3.73. The second-order valence-electron chi connectivity index (χ2n) is 5.00. The Labute approximate surface area is 115 Å². The Kier molecular flexibility index (Phi) is 5.61. The average molecular weight is 264 g/mol. The molecule has 0 saturated carbocycles. The summed E-state index contributed by atoms with van der Waals surface area (Å²) in [7, 11) is 1.68. The first-order chi connectivity index (χ1) is 9.35. The number of rotatable bonds is 6. The highest BCUT2D eigenvalue weighted by Gasteiger charge is 2.22. The van der Waals surface area contributed by atoms with Crippen molar-refractivity contribution in [2.24, 2.45) is 5.92 Å². The highest BCUT2D eigenvalue weighted by atomic mass is 16.5. The molecule has 4 heteroatoms. The number of methoxy groups -OCH3 is 1. The van der Waals surface area contributed by atoms with Gasteiger partial charge in [-0.2, -0.15) is 0 Å². The quantitative estimate of drug-likeness (QED) is 0.857. The van der Waals surface area contributed by atoms with Gasteiger partial charge >= 0.3 is 0 Å². The molecular weight excluding hydrogens is 240 g/mol. The van der Waals surface area contributed by atoms with Crippen LogP contribution in [0.5, 0.6) is 5.88 Å². The van der Waals surface area contributed by atoms with Gasteiger partial charge in [-0.25, -0.2) is 4.98 Å². The third kappa shape index (κ3) is 3.91. The first kappa shape index (κ1) is 14.3. The van der Waals surface area contributed by atoms with E-state index >= 15 is 0 Å². The Morgan fingerprint density at radius 3 is 2.95 bits per heavy atom. The SMILES string of the molecule is CCNC(CC1CCOCC1)c1cccnc1OC. The van der Waals surface area contributed by atoms with Gasteiger partial charge in [0.1, 0.15) is 0 Å². The molecule has 1 aliphatic heterocycles. The standard InChI is InChI=1S/C15H24N2O2/c1-3-16-14(11-12-6-9-19-10-7-12)13-5-4-8-17-15(13)18-2/h4-5,8,12,14,16H,3,6-7,9-11H2,1-2H3. The molecule has 106 valence electrons. The van der Waals surface area contributed by atoms with Crippen LogP contribution in [-0.4, -0.2) is 31.9 Å². The lowest BCUT2D eigenvalue weighted by Crippen LogP contribution is -2.26. The van der Waals surface area contributed by atoms with E-state index in [1.807, 2.05) is 6.07 Å². The molecule has 1 aromatic rings.